The van der Waals surface area contributed by atoms with Gasteiger partial charge in [0.05, 0.1) is 12.5 Å². The Morgan fingerprint density at radius 3 is 2.91 bits per heavy atom. The topological polar surface area (TPSA) is 93.8 Å². The van der Waals surface area contributed by atoms with Crippen molar-refractivity contribution < 1.29 is 9.32 Å². The fourth-order valence-corrected chi connectivity index (χ4v) is 2.32. The Bertz CT molecular complexity index is 742. The largest absolute Gasteiger partial charge is 0.341 e. The molecule has 1 atom stereocenters. The van der Waals surface area contributed by atoms with E-state index < -0.39 is 0 Å². The lowest BCUT2D eigenvalue weighted by atomic mass is 10.1. The quantitative estimate of drug-likeness (QED) is 0.774. The van der Waals surface area contributed by atoms with E-state index >= 15 is 0 Å². The first-order valence-corrected chi connectivity index (χ1v) is 7.50. The van der Waals surface area contributed by atoms with Crippen molar-refractivity contribution in [1.82, 2.24) is 25.0 Å². The predicted molar refractivity (Wildman–Crippen MR) is 79.3 cm³/mol. The summed E-state index contributed by atoms with van der Waals surface area (Å²) < 4.78 is 8.88. The van der Waals surface area contributed by atoms with E-state index in [1.165, 1.54) is 0 Å². The maximum Gasteiger partial charge on any atom is 0.273 e. The first-order chi connectivity index (χ1) is 10.7. The third kappa shape index (κ3) is 3.34. The van der Waals surface area contributed by atoms with Crippen LogP contribution >= 0.6 is 11.5 Å². The van der Waals surface area contributed by atoms with Crippen LogP contribution in [0.4, 0.5) is 0 Å². The number of aromatic nitrogens is 4. The normalized spacial score (nSPS) is 12.0. The van der Waals surface area contributed by atoms with E-state index in [1.807, 2.05) is 30.3 Å². The summed E-state index contributed by atoms with van der Waals surface area (Å²) in [6, 6.07) is 9.47. The number of nitrogens with zero attached hydrogens (tertiary/aromatic N) is 4. The van der Waals surface area contributed by atoms with Crippen LogP contribution in [0.5, 0.6) is 0 Å². The Labute approximate surface area is 130 Å². The predicted octanol–water partition coefficient (Wildman–Crippen LogP) is 2.00. The molecule has 0 saturated carbocycles. The maximum atomic E-state index is 11.9. The Morgan fingerprint density at radius 1 is 1.36 bits per heavy atom. The van der Waals surface area contributed by atoms with Crippen LogP contribution in [0, 0.1) is 0 Å². The number of hydrogen-bond acceptors (Lipinski definition) is 7. The second-order valence-electron chi connectivity index (χ2n) is 4.69. The van der Waals surface area contributed by atoms with Crippen molar-refractivity contribution in [3.05, 3.63) is 58.7 Å². The molecule has 22 heavy (non-hydrogen) atoms. The summed E-state index contributed by atoms with van der Waals surface area (Å²) in [5.74, 6) is 0.635. The number of amides is 1. The van der Waals surface area contributed by atoms with E-state index in [2.05, 4.69) is 25.0 Å². The Kier molecular flexibility index (Phi) is 4.19. The van der Waals surface area contributed by atoms with Crippen molar-refractivity contribution in [3.63, 3.8) is 0 Å². The standard InChI is InChI=1S/C14H13N5O2S/c1-9(15-14(20)11-8-22-19-17-11)13-16-12(21-18-13)7-10-5-3-2-4-6-10/h2-6,8-9H,7H2,1H3,(H,15,20)/t9-/m0/s1. The van der Waals surface area contributed by atoms with Gasteiger partial charge in [-0.15, -0.1) is 5.10 Å². The summed E-state index contributed by atoms with van der Waals surface area (Å²) in [6.07, 6.45) is 0.560. The smallest absolute Gasteiger partial charge is 0.273 e. The highest BCUT2D eigenvalue weighted by Gasteiger charge is 2.18. The van der Waals surface area contributed by atoms with Crippen molar-refractivity contribution in [2.24, 2.45) is 0 Å². The summed E-state index contributed by atoms with van der Waals surface area (Å²) in [5.41, 5.74) is 1.37. The Hall–Kier alpha value is -2.61. The van der Waals surface area contributed by atoms with Gasteiger partial charge in [-0.05, 0) is 24.0 Å². The number of carbonyl (C=O) groups is 1. The molecule has 0 unspecified atom stereocenters. The fourth-order valence-electron chi connectivity index (χ4n) is 1.88. The second-order valence-corrected chi connectivity index (χ2v) is 5.30. The molecule has 2 heterocycles. The van der Waals surface area contributed by atoms with Gasteiger partial charge in [0.15, 0.2) is 11.5 Å². The molecule has 0 aliphatic heterocycles. The van der Waals surface area contributed by atoms with Gasteiger partial charge >= 0.3 is 0 Å². The van der Waals surface area contributed by atoms with Crippen LogP contribution < -0.4 is 5.32 Å². The van der Waals surface area contributed by atoms with Gasteiger partial charge in [-0.1, -0.05) is 40.0 Å². The van der Waals surface area contributed by atoms with Crippen LogP contribution in [-0.2, 0) is 6.42 Å². The van der Waals surface area contributed by atoms with Crippen molar-refractivity contribution in [2.45, 2.75) is 19.4 Å². The summed E-state index contributed by atoms with van der Waals surface area (Å²) in [6.45, 7) is 1.79. The van der Waals surface area contributed by atoms with E-state index in [0.29, 0.717) is 18.1 Å². The molecule has 0 fully saturated rings. The third-order valence-corrected chi connectivity index (χ3v) is 3.51. The average Bonchev–Trinajstić information content (AvgIpc) is 3.19. The highest BCUT2D eigenvalue weighted by atomic mass is 32.1. The first-order valence-electron chi connectivity index (χ1n) is 6.66. The molecule has 2 aromatic heterocycles. The molecule has 7 nitrogen and oxygen atoms in total. The zero-order valence-electron chi connectivity index (χ0n) is 11.8. The van der Waals surface area contributed by atoms with Crippen molar-refractivity contribution >= 4 is 17.4 Å². The first kappa shape index (κ1) is 14.3. The van der Waals surface area contributed by atoms with Crippen molar-refractivity contribution in [2.75, 3.05) is 0 Å². The van der Waals surface area contributed by atoms with E-state index in [4.69, 9.17) is 4.52 Å². The van der Waals surface area contributed by atoms with E-state index in [1.54, 1.807) is 12.3 Å². The molecular weight excluding hydrogens is 302 g/mol. The lowest BCUT2D eigenvalue weighted by Gasteiger charge is -2.07. The highest BCUT2D eigenvalue weighted by molar-refractivity contribution is 7.03. The molecule has 1 N–H and O–H groups in total. The molecule has 0 aliphatic rings. The zero-order chi connectivity index (χ0) is 15.4. The van der Waals surface area contributed by atoms with Crippen LogP contribution in [0.2, 0.25) is 0 Å². The highest BCUT2D eigenvalue weighted by Crippen LogP contribution is 2.12. The molecule has 0 aliphatic carbocycles. The molecule has 112 valence electrons. The monoisotopic (exact) mass is 315 g/mol. The molecule has 0 radical (unpaired) electrons. The lowest BCUT2D eigenvalue weighted by molar-refractivity contribution is 0.0933. The molecule has 0 bridgehead atoms. The zero-order valence-corrected chi connectivity index (χ0v) is 12.6. The molecule has 1 aromatic carbocycles. The van der Waals surface area contributed by atoms with Gasteiger partial charge in [-0.3, -0.25) is 4.79 Å². The van der Waals surface area contributed by atoms with Crippen LogP contribution in [0.3, 0.4) is 0 Å². The number of hydrogen-bond donors (Lipinski definition) is 1. The minimum absolute atomic E-state index is 0.282. The van der Waals surface area contributed by atoms with Gasteiger partial charge in [0.2, 0.25) is 5.89 Å². The van der Waals surface area contributed by atoms with Crippen LogP contribution in [-0.4, -0.2) is 25.6 Å². The Morgan fingerprint density at radius 2 is 2.18 bits per heavy atom. The number of rotatable bonds is 5. The van der Waals surface area contributed by atoms with E-state index in [9.17, 15) is 4.79 Å². The molecule has 0 saturated heterocycles. The molecular formula is C14H13N5O2S. The molecule has 3 rings (SSSR count). The molecule has 1 amide bonds. The van der Waals surface area contributed by atoms with Gasteiger partial charge < -0.3 is 9.84 Å². The summed E-state index contributed by atoms with van der Waals surface area (Å²) >= 11 is 1.12. The van der Waals surface area contributed by atoms with Crippen LogP contribution in [0.25, 0.3) is 0 Å². The van der Waals surface area contributed by atoms with E-state index in [-0.39, 0.29) is 17.6 Å². The SMILES string of the molecule is C[C@H](NC(=O)c1csnn1)c1noc(Cc2ccccc2)n1. The maximum absolute atomic E-state index is 11.9. The summed E-state index contributed by atoms with van der Waals surface area (Å²) in [4.78, 5) is 16.2. The summed E-state index contributed by atoms with van der Waals surface area (Å²) in [7, 11) is 0. The minimum Gasteiger partial charge on any atom is -0.341 e. The second kappa shape index (κ2) is 6.44. The fraction of sp³-hybridized carbons (Fsp3) is 0.214. The van der Waals surface area contributed by atoms with Crippen LogP contribution in [0.1, 0.15) is 40.7 Å². The average molecular weight is 315 g/mol. The van der Waals surface area contributed by atoms with Crippen molar-refractivity contribution in [1.29, 1.82) is 0 Å². The number of benzene rings is 1. The van der Waals surface area contributed by atoms with Crippen LogP contribution in [0.15, 0.2) is 40.2 Å². The Balaban J connectivity index is 1.64. The van der Waals surface area contributed by atoms with Gasteiger partial charge in [0.25, 0.3) is 5.91 Å². The van der Waals surface area contributed by atoms with Crippen molar-refractivity contribution in [3.8, 4) is 0 Å². The molecule has 3 aromatic rings. The van der Waals surface area contributed by atoms with Gasteiger partial charge in [0, 0.05) is 5.38 Å². The van der Waals surface area contributed by atoms with Gasteiger partial charge in [-0.2, -0.15) is 4.98 Å². The number of carbonyl (C=O) groups excluding carboxylic acids is 1. The lowest BCUT2D eigenvalue weighted by Crippen LogP contribution is -2.27. The minimum atomic E-state index is -0.373. The van der Waals surface area contributed by atoms with E-state index in [0.717, 1.165) is 17.1 Å². The molecule has 0 spiro atoms. The third-order valence-electron chi connectivity index (χ3n) is 3.01. The molecule has 8 heteroatoms. The number of nitrogens with one attached hydrogen (secondary N) is 1. The van der Waals surface area contributed by atoms with Gasteiger partial charge in [0.1, 0.15) is 0 Å². The summed E-state index contributed by atoms with van der Waals surface area (Å²) in [5, 5.41) is 12.0. The van der Waals surface area contributed by atoms with Gasteiger partial charge in [-0.25, -0.2) is 0 Å².